The Morgan fingerprint density at radius 2 is 1.94 bits per heavy atom. The van der Waals surface area contributed by atoms with Crippen molar-refractivity contribution >= 4 is 11.2 Å². The molecule has 1 aliphatic heterocycles. The van der Waals surface area contributed by atoms with Crippen molar-refractivity contribution in [2.75, 3.05) is 27.2 Å². The molecule has 1 fully saturated rings. The Kier molecular flexibility index (Phi) is 5.76. The summed E-state index contributed by atoms with van der Waals surface area (Å²) in [4.78, 5) is 20.3. The van der Waals surface area contributed by atoms with Gasteiger partial charge in [-0.3, -0.25) is 4.98 Å². The highest BCUT2D eigenvalue weighted by molar-refractivity contribution is 5.79. The highest BCUT2D eigenvalue weighted by Crippen LogP contribution is 2.31. The molecule has 5 rings (SSSR count). The lowest BCUT2D eigenvalue weighted by molar-refractivity contribution is 0.255. The van der Waals surface area contributed by atoms with Gasteiger partial charge in [0.25, 0.3) is 0 Å². The first-order valence-electron chi connectivity index (χ1n) is 11.2. The quantitative estimate of drug-likeness (QED) is 0.458. The van der Waals surface area contributed by atoms with Gasteiger partial charge in [0.1, 0.15) is 17.2 Å². The first kappa shape index (κ1) is 21.5. The van der Waals surface area contributed by atoms with E-state index in [-0.39, 0.29) is 11.8 Å². The molecule has 7 nitrogen and oxygen atoms in total. The van der Waals surface area contributed by atoms with Crippen LogP contribution in [0.25, 0.3) is 22.6 Å². The van der Waals surface area contributed by atoms with Gasteiger partial charge in [0.05, 0.1) is 19.3 Å². The molecule has 1 aromatic carbocycles. The van der Waals surface area contributed by atoms with Gasteiger partial charge in [-0.2, -0.15) is 9.97 Å². The Morgan fingerprint density at radius 3 is 2.64 bits per heavy atom. The lowest BCUT2D eigenvalue weighted by Crippen LogP contribution is -2.29. The summed E-state index contributed by atoms with van der Waals surface area (Å²) >= 11 is 0. The van der Waals surface area contributed by atoms with E-state index in [0.29, 0.717) is 40.7 Å². The number of halogens is 1. The molecule has 33 heavy (non-hydrogen) atoms. The Morgan fingerprint density at radius 1 is 1.12 bits per heavy atom. The van der Waals surface area contributed by atoms with Crippen LogP contribution in [-0.2, 0) is 6.54 Å². The number of nitrogens with zero attached hydrogens (tertiary/aromatic N) is 6. The van der Waals surface area contributed by atoms with Crippen molar-refractivity contribution in [3.63, 3.8) is 0 Å². The van der Waals surface area contributed by atoms with Gasteiger partial charge in [-0.05, 0) is 69.6 Å². The molecule has 0 N–H and O–H groups in total. The summed E-state index contributed by atoms with van der Waals surface area (Å²) < 4.78 is 22.5. The van der Waals surface area contributed by atoms with Crippen molar-refractivity contribution in [2.24, 2.45) is 0 Å². The third kappa shape index (κ3) is 4.18. The molecule has 1 saturated heterocycles. The second kappa shape index (κ2) is 8.86. The van der Waals surface area contributed by atoms with Crippen molar-refractivity contribution in [3.05, 3.63) is 65.4 Å². The molecular weight excluding hydrogens is 419 g/mol. The van der Waals surface area contributed by atoms with Gasteiger partial charge in [-0.25, -0.2) is 9.37 Å². The number of aromatic nitrogens is 5. The van der Waals surface area contributed by atoms with E-state index in [1.54, 1.807) is 18.5 Å². The molecule has 4 aromatic rings. The summed E-state index contributed by atoms with van der Waals surface area (Å²) in [6.07, 6.45) is 5.58. The molecule has 1 aliphatic rings. The Bertz CT molecular complexity index is 1280. The van der Waals surface area contributed by atoms with Gasteiger partial charge in [0.2, 0.25) is 0 Å². The molecule has 0 atom stereocenters. The molecule has 0 radical (unpaired) electrons. The Balaban J connectivity index is 1.56. The number of ether oxygens (including phenoxy) is 1. The fourth-order valence-corrected chi connectivity index (χ4v) is 4.53. The predicted molar refractivity (Wildman–Crippen MR) is 125 cm³/mol. The zero-order chi connectivity index (χ0) is 22.9. The number of likely N-dealkylation sites (tertiary alicyclic amines) is 1. The average molecular weight is 447 g/mol. The third-order valence-corrected chi connectivity index (χ3v) is 6.45. The van der Waals surface area contributed by atoms with Gasteiger partial charge in [0.15, 0.2) is 5.65 Å². The molecule has 0 saturated carbocycles. The van der Waals surface area contributed by atoms with Gasteiger partial charge in [-0.15, -0.1) is 0 Å². The molecule has 0 spiro atoms. The minimum absolute atomic E-state index is 0.205. The van der Waals surface area contributed by atoms with Crippen LogP contribution < -0.4 is 4.74 Å². The van der Waals surface area contributed by atoms with Gasteiger partial charge in [0, 0.05) is 23.5 Å². The molecule has 0 unspecified atom stereocenters. The van der Waals surface area contributed by atoms with Crippen LogP contribution in [0.4, 0.5) is 4.39 Å². The lowest BCUT2D eigenvalue weighted by Gasteiger charge is -2.29. The molecule has 8 heteroatoms. The fraction of sp³-hybridized carbons (Fsp3) is 0.360. The summed E-state index contributed by atoms with van der Waals surface area (Å²) in [7, 11) is 3.67. The van der Waals surface area contributed by atoms with Crippen molar-refractivity contribution in [3.8, 4) is 17.4 Å². The van der Waals surface area contributed by atoms with Crippen LogP contribution in [0.15, 0.2) is 42.7 Å². The zero-order valence-corrected chi connectivity index (χ0v) is 19.1. The molecule has 0 aliphatic carbocycles. The van der Waals surface area contributed by atoms with Crippen molar-refractivity contribution in [2.45, 2.75) is 32.2 Å². The van der Waals surface area contributed by atoms with Crippen LogP contribution in [-0.4, -0.2) is 56.6 Å². The van der Waals surface area contributed by atoms with E-state index < -0.39 is 0 Å². The topological polar surface area (TPSA) is 69.0 Å². The minimum atomic E-state index is -0.205. The zero-order valence-electron chi connectivity index (χ0n) is 19.1. The Labute approximate surface area is 192 Å². The van der Waals surface area contributed by atoms with Crippen LogP contribution in [0.1, 0.15) is 35.6 Å². The predicted octanol–water partition coefficient (Wildman–Crippen LogP) is 4.20. The van der Waals surface area contributed by atoms with E-state index in [4.69, 9.17) is 9.72 Å². The monoisotopic (exact) mass is 446 g/mol. The smallest absolute Gasteiger partial charge is 0.318 e. The number of hydrogen-bond donors (Lipinski definition) is 0. The SMILES string of the molecule is COc1nc(C)c2nc(-c3cccnc3)n(Cc3ccc(C4CCN(C)CC4)cc3F)c2n1. The maximum Gasteiger partial charge on any atom is 0.318 e. The van der Waals surface area contributed by atoms with Crippen LogP contribution >= 0.6 is 0 Å². The van der Waals surface area contributed by atoms with Crippen molar-refractivity contribution in [1.82, 2.24) is 29.4 Å². The number of aryl methyl sites for hydroxylation is 1. The summed E-state index contributed by atoms with van der Waals surface area (Å²) in [6.45, 7) is 4.25. The van der Waals surface area contributed by atoms with E-state index in [0.717, 1.165) is 37.1 Å². The first-order valence-corrected chi connectivity index (χ1v) is 11.2. The van der Waals surface area contributed by atoms with Crippen molar-refractivity contribution in [1.29, 1.82) is 0 Å². The number of methoxy groups -OCH3 is 1. The number of piperidine rings is 1. The Hall–Kier alpha value is -3.39. The lowest BCUT2D eigenvalue weighted by atomic mass is 9.89. The first-order chi connectivity index (χ1) is 16.0. The maximum atomic E-state index is 15.3. The van der Waals surface area contributed by atoms with E-state index in [9.17, 15) is 0 Å². The summed E-state index contributed by atoms with van der Waals surface area (Å²) in [6, 6.07) is 9.72. The van der Waals surface area contributed by atoms with E-state index in [2.05, 4.69) is 33.0 Å². The molecule has 4 heterocycles. The number of fused-ring (bicyclic) bond motifs is 1. The third-order valence-electron chi connectivity index (χ3n) is 6.45. The second-order valence-electron chi connectivity index (χ2n) is 8.66. The largest absolute Gasteiger partial charge is 0.467 e. The van der Waals surface area contributed by atoms with Crippen molar-refractivity contribution < 1.29 is 9.13 Å². The highest BCUT2D eigenvalue weighted by Gasteiger charge is 2.22. The normalized spacial score (nSPS) is 15.3. The molecule has 0 bridgehead atoms. The minimum Gasteiger partial charge on any atom is -0.467 e. The van der Waals surface area contributed by atoms with E-state index in [1.165, 1.54) is 7.11 Å². The maximum absolute atomic E-state index is 15.3. The molecule has 3 aromatic heterocycles. The van der Waals surface area contributed by atoms with Gasteiger partial charge < -0.3 is 14.2 Å². The number of rotatable bonds is 5. The fourth-order valence-electron chi connectivity index (χ4n) is 4.53. The number of benzene rings is 1. The molecule has 0 amide bonds. The number of imidazole rings is 1. The second-order valence-corrected chi connectivity index (χ2v) is 8.66. The number of hydrogen-bond acceptors (Lipinski definition) is 6. The molecular formula is C25H27FN6O. The average Bonchev–Trinajstić information content (AvgIpc) is 3.20. The van der Waals surface area contributed by atoms with Gasteiger partial charge >= 0.3 is 6.01 Å². The molecule has 170 valence electrons. The standard InChI is InChI=1S/C25H27FN6O/c1-16-22-24(30-25(28-16)33-3)32(23(29-22)19-5-4-10-27-14-19)15-20-7-6-18(13-21(20)26)17-8-11-31(2)12-9-17/h4-7,10,13-14,17H,8-9,11-12,15H2,1-3H3. The summed E-state index contributed by atoms with van der Waals surface area (Å²) in [5, 5.41) is 0. The summed E-state index contributed by atoms with van der Waals surface area (Å²) in [5.74, 6) is 0.870. The number of pyridine rings is 1. The van der Waals surface area contributed by atoms with Gasteiger partial charge in [-0.1, -0.05) is 12.1 Å². The highest BCUT2D eigenvalue weighted by atomic mass is 19.1. The summed E-state index contributed by atoms with van der Waals surface area (Å²) in [5.41, 5.74) is 4.48. The van der Waals surface area contributed by atoms with E-state index in [1.807, 2.05) is 29.7 Å². The van der Waals surface area contributed by atoms with Crippen LogP contribution in [0.3, 0.4) is 0 Å². The van der Waals surface area contributed by atoms with Crippen LogP contribution in [0.2, 0.25) is 0 Å². The van der Waals surface area contributed by atoms with Crippen LogP contribution in [0, 0.1) is 12.7 Å². The van der Waals surface area contributed by atoms with E-state index >= 15 is 4.39 Å². The van der Waals surface area contributed by atoms with Crippen LogP contribution in [0.5, 0.6) is 6.01 Å².